The van der Waals surface area contributed by atoms with Crippen LogP contribution in [0.4, 0.5) is 0 Å². The molecular formula is C15H22O4. The number of ether oxygens (including phenoxy) is 2. The summed E-state index contributed by atoms with van der Waals surface area (Å²) in [7, 11) is 0. The molecule has 1 N–H and O–H groups in total. The van der Waals surface area contributed by atoms with E-state index in [9.17, 15) is 9.90 Å². The van der Waals surface area contributed by atoms with Crippen molar-refractivity contribution in [3.63, 3.8) is 0 Å². The van der Waals surface area contributed by atoms with E-state index in [1.165, 1.54) is 0 Å². The molecule has 1 aromatic rings. The monoisotopic (exact) mass is 266 g/mol. The van der Waals surface area contributed by atoms with Gasteiger partial charge in [-0.15, -0.1) is 0 Å². The van der Waals surface area contributed by atoms with Crippen molar-refractivity contribution in [1.29, 1.82) is 0 Å². The van der Waals surface area contributed by atoms with Crippen LogP contribution in [0.1, 0.15) is 32.8 Å². The normalized spacial score (nSPS) is 13.7. The van der Waals surface area contributed by atoms with Gasteiger partial charge in [0.2, 0.25) is 0 Å². The van der Waals surface area contributed by atoms with Gasteiger partial charge in [-0.1, -0.05) is 19.1 Å². The lowest BCUT2D eigenvalue weighted by Gasteiger charge is -2.16. The summed E-state index contributed by atoms with van der Waals surface area (Å²) < 4.78 is 10.5. The van der Waals surface area contributed by atoms with E-state index in [0.717, 1.165) is 5.56 Å². The summed E-state index contributed by atoms with van der Waals surface area (Å²) >= 11 is 0. The quantitative estimate of drug-likeness (QED) is 0.770. The Kier molecular flexibility index (Phi) is 6.36. The lowest BCUT2D eigenvalue weighted by molar-refractivity contribution is -0.151. The molecule has 0 fully saturated rings. The Labute approximate surface area is 114 Å². The predicted octanol–water partition coefficient (Wildman–Crippen LogP) is 2.33. The molecule has 106 valence electrons. The summed E-state index contributed by atoms with van der Waals surface area (Å²) in [6.07, 6.45) is 0.237. The zero-order valence-electron chi connectivity index (χ0n) is 11.8. The molecule has 4 nitrogen and oxygen atoms in total. The first-order valence-electron chi connectivity index (χ1n) is 6.67. The topological polar surface area (TPSA) is 55.8 Å². The van der Waals surface area contributed by atoms with Gasteiger partial charge in [0.1, 0.15) is 5.75 Å². The Morgan fingerprint density at radius 3 is 2.37 bits per heavy atom. The number of esters is 1. The number of benzene rings is 1. The van der Waals surface area contributed by atoms with Gasteiger partial charge in [0.05, 0.1) is 12.7 Å². The second-order valence-corrected chi connectivity index (χ2v) is 4.46. The van der Waals surface area contributed by atoms with E-state index in [-0.39, 0.29) is 12.1 Å². The fourth-order valence-corrected chi connectivity index (χ4v) is 1.74. The fourth-order valence-electron chi connectivity index (χ4n) is 1.74. The van der Waals surface area contributed by atoms with Gasteiger partial charge >= 0.3 is 5.97 Å². The molecule has 0 aromatic heterocycles. The summed E-state index contributed by atoms with van der Waals surface area (Å²) in [6.45, 7) is 5.75. The number of hydrogen-bond donors (Lipinski definition) is 1. The Balaban J connectivity index is 2.62. The van der Waals surface area contributed by atoms with E-state index in [1.807, 2.05) is 19.1 Å². The highest BCUT2D eigenvalue weighted by Crippen LogP contribution is 2.16. The van der Waals surface area contributed by atoms with Gasteiger partial charge < -0.3 is 14.6 Å². The molecule has 0 saturated heterocycles. The molecule has 0 spiro atoms. The standard InChI is InChI=1S/C15H22O4/c1-4-14(15(17)18-5-2)19-13-8-6-12(7-9-13)10-11(3)16/h6-9,11,14,16H,4-5,10H2,1-3H3. The van der Waals surface area contributed by atoms with Crippen LogP contribution in [0.3, 0.4) is 0 Å². The summed E-state index contributed by atoms with van der Waals surface area (Å²) in [5.41, 5.74) is 1.03. The molecule has 0 radical (unpaired) electrons. The smallest absolute Gasteiger partial charge is 0.347 e. The van der Waals surface area contributed by atoms with E-state index in [1.54, 1.807) is 26.0 Å². The van der Waals surface area contributed by atoms with Crippen LogP contribution in [0.2, 0.25) is 0 Å². The number of aliphatic hydroxyl groups is 1. The Morgan fingerprint density at radius 2 is 1.89 bits per heavy atom. The zero-order chi connectivity index (χ0) is 14.3. The molecule has 0 aliphatic carbocycles. The highest BCUT2D eigenvalue weighted by Gasteiger charge is 2.19. The molecule has 0 bridgehead atoms. The van der Waals surface area contributed by atoms with Crippen molar-refractivity contribution in [2.45, 2.75) is 45.8 Å². The molecule has 0 aliphatic heterocycles. The predicted molar refractivity (Wildman–Crippen MR) is 73.2 cm³/mol. The van der Waals surface area contributed by atoms with Crippen LogP contribution < -0.4 is 4.74 Å². The van der Waals surface area contributed by atoms with Crippen LogP contribution in [0.5, 0.6) is 5.75 Å². The second kappa shape index (κ2) is 7.79. The van der Waals surface area contributed by atoms with Crippen molar-refractivity contribution >= 4 is 5.97 Å². The van der Waals surface area contributed by atoms with Crippen LogP contribution in [0.25, 0.3) is 0 Å². The van der Waals surface area contributed by atoms with Crippen molar-refractivity contribution in [3.8, 4) is 5.75 Å². The minimum absolute atomic E-state index is 0.335. The van der Waals surface area contributed by atoms with Crippen LogP contribution in [0.15, 0.2) is 24.3 Å². The van der Waals surface area contributed by atoms with E-state index in [2.05, 4.69) is 0 Å². The highest BCUT2D eigenvalue weighted by molar-refractivity contribution is 5.75. The molecule has 0 saturated carbocycles. The van der Waals surface area contributed by atoms with Gasteiger partial charge in [-0.3, -0.25) is 0 Å². The summed E-state index contributed by atoms with van der Waals surface area (Å²) in [6, 6.07) is 7.39. The molecule has 0 aliphatic rings. The molecule has 0 heterocycles. The van der Waals surface area contributed by atoms with Crippen LogP contribution >= 0.6 is 0 Å². The zero-order valence-corrected chi connectivity index (χ0v) is 11.8. The van der Waals surface area contributed by atoms with E-state index in [4.69, 9.17) is 9.47 Å². The minimum atomic E-state index is -0.567. The summed E-state index contributed by atoms with van der Waals surface area (Å²) in [5, 5.41) is 9.30. The first kappa shape index (κ1) is 15.5. The number of carbonyl (C=O) groups is 1. The second-order valence-electron chi connectivity index (χ2n) is 4.46. The van der Waals surface area contributed by atoms with E-state index < -0.39 is 6.10 Å². The number of carbonyl (C=O) groups excluding carboxylic acids is 1. The molecule has 2 unspecified atom stereocenters. The lowest BCUT2D eigenvalue weighted by atomic mass is 10.1. The molecule has 2 atom stereocenters. The fraction of sp³-hybridized carbons (Fsp3) is 0.533. The van der Waals surface area contributed by atoms with Gasteiger partial charge in [-0.2, -0.15) is 0 Å². The van der Waals surface area contributed by atoms with Crippen LogP contribution in [0, 0.1) is 0 Å². The van der Waals surface area contributed by atoms with Crippen LogP contribution in [-0.2, 0) is 16.0 Å². The first-order chi connectivity index (χ1) is 9.06. The third-order valence-corrected chi connectivity index (χ3v) is 2.65. The average Bonchev–Trinajstić information content (AvgIpc) is 2.37. The van der Waals surface area contributed by atoms with Crippen LogP contribution in [-0.4, -0.2) is 29.9 Å². The van der Waals surface area contributed by atoms with Gasteiger partial charge in [0, 0.05) is 0 Å². The Hall–Kier alpha value is -1.55. The Bertz CT molecular complexity index is 384. The highest BCUT2D eigenvalue weighted by atomic mass is 16.6. The molecule has 1 rings (SSSR count). The average molecular weight is 266 g/mol. The minimum Gasteiger partial charge on any atom is -0.479 e. The number of hydrogen-bond acceptors (Lipinski definition) is 4. The van der Waals surface area contributed by atoms with Gasteiger partial charge in [0.15, 0.2) is 6.10 Å². The Morgan fingerprint density at radius 1 is 1.26 bits per heavy atom. The van der Waals surface area contributed by atoms with Gasteiger partial charge in [-0.05, 0) is 44.4 Å². The van der Waals surface area contributed by atoms with Crippen molar-refractivity contribution < 1.29 is 19.4 Å². The van der Waals surface area contributed by atoms with E-state index in [0.29, 0.717) is 25.2 Å². The molecule has 0 amide bonds. The van der Waals surface area contributed by atoms with Crippen molar-refractivity contribution in [1.82, 2.24) is 0 Å². The third kappa shape index (κ3) is 5.30. The maximum Gasteiger partial charge on any atom is 0.347 e. The van der Waals surface area contributed by atoms with E-state index >= 15 is 0 Å². The molecular weight excluding hydrogens is 244 g/mol. The lowest BCUT2D eigenvalue weighted by Crippen LogP contribution is -2.28. The molecule has 19 heavy (non-hydrogen) atoms. The summed E-state index contributed by atoms with van der Waals surface area (Å²) in [4.78, 5) is 11.6. The maximum absolute atomic E-state index is 11.6. The maximum atomic E-state index is 11.6. The SMILES string of the molecule is CCOC(=O)C(CC)Oc1ccc(CC(C)O)cc1. The van der Waals surface area contributed by atoms with Gasteiger partial charge in [-0.25, -0.2) is 4.79 Å². The largest absolute Gasteiger partial charge is 0.479 e. The van der Waals surface area contributed by atoms with Crippen molar-refractivity contribution in [2.24, 2.45) is 0 Å². The summed E-state index contributed by atoms with van der Waals surface area (Å²) in [5.74, 6) is 0.298. The number of aliphatic hydroxyl groups excluding tert-OH is 1. The van der Waals surface area contributed by atoms with Crippen molar-refractivity contribution in [2.75, 3.05) is 6.61 Å². The van der Waals surface area contributed by atoms with Gasteiger partial charge in [0.25, 0.3) is 0 Å². The van der Waals surface area contributed by atoms with Crippen molar-refractivity contribution in [3.05, 3.63) is 29.8 Å². The number of rotatable bonds is 7. The first-order valence-corrected chi connectivity index (χ1v) is 6.67. The third-order valence-electron chi connectivity index (χ3n) is 2.65. The molecule has 4 heteroatoms. The molecule has 1 aromatic carbocycles.